The number of anilines is 1. The zero-order valence-corrected chi connectivity index (χ0v) is 11.6. The van der Waals surface area contributed by atoms with Gasteiger partial charge < -0.3 is 10.6 Å². The molecular formula is C14H22N4O. The first-order valence-electron chi connectivity index (χ1n) is 7.09. The van der Waals surface area contributed by atoms with Crippen LogP contribution in [0.2, 0.25) is 0 Å². The quantitative estimate of drug-likeness (QED) is 0.790. The van der Waals surface area contributed by atoms with Crippen molar-refractivity contribution < 1.29 is 4.79 Å². The van der Waals surface area contributed by atoms with Gasteiger partial charge in [0.05, 0.1) is 12.4 Å². The number of aromatic nitrogens is 2. The van der Waals surface area contributed by atoms with Gasteiger partial charge in [-0.2, -0.15) is 0 Å². The maximum absolute atomic E-state index is 12.1. The first-order valence-corrected chi connectivity index (χ1v) is 7.09. The van der Waals surface area contributed by atoms with E-state index in [1.165, 1.54) is 19.0 Å². The second-order valence-corrected chi connectivity index (χ2v) is 5.07. The average molecular weight is 262 g/mol. The number of rotatable bonds is 7. The van der Waals surface area contributed by atoms with Gasteiger partial charge in [0.1, 0.15) is 11.5 Å². The number of nitrogens with zero attached hydrogens (tertiary/aromatic N) is 2. The van der Waals surface area contributed by atoms with E-state index >= 15 is 0 Å². The molecule has 1 aromatic rings. The molecule has 1 aromatic heterocycles. The number of nitrogens with one attached hydrogen (secondary N) is 2. The lowest BCUT2D eigenvalue weighted by Gasteiger charge is -2.16. The summed E-state index contributed by atoms with van der Waals surface area (Å²) in [6, 6.07) is 0.259. The van der Waals surface area contributed by atoms with Crippen molar-refractivity contribution in [2.24, 2.45) is 5.92 Å². The predicted octanol–water partition coefficient (Wildman–Crippen LogP) is 2.22. The average Bonchev–Trinajstić information content (AvgIpc) is 3.23. The molecule has 1 atom stereocenters. The van der Waals surface area contributed by atoms with Crippen molar-refractivity contribution in [1.82, 2.24) is 15.3 Å². The summed E-state index contributed by atoms with van der Waals surface area (Å²) < 4.78 is 0. The van der Waals surface area contributed by atoms with Crippen molar-refractivity contribution >= 4 is 11.7 Å². The highest BCUT2D eigenvalue weighted by Crippen LogP contribution is 2.34. The van der Waals surface area contributed by atoms with Gasteiger partial charge >= 0.3 is 0 Å². The normalized spacial score (nSPS) is 15.9. The van der Waals surface area contributed by atoms with Gasteiger partial charge in [-0.05, 0) is 25.7 Å². The molecule has 0 spiro atoms. The zero-order valence-electron chi connectivity index (χ0n) is 11.6. The summed E-state index contributed by atoms with van der Waals surface area (Å²) >= 11 is 0. The van der Waals surface area contributed by atoms with Crippen molar-refractivity contribution in [1.29, 1.82) is 0 Å². The minimum atomic E-state index is -0.122. The Hall–Kier alpha value is -1.65. The van der Waals surface area contributed by atoms with Gasteiger partial charge in [-0.1, -0.05) is 19.8 Å². The first kappa shape index (κ1) is 13.8. The van der Waals surface area contributed by atoms with Crippen molar-refractivity contribution in [3.63, 3.8) is 0 Å². The van der Waals surface area contributed by atoms with Crippen LogP contribution in [0.5, 0.6) is 0 Å². The molecule has 0 saturated heterocycles. The number of hydrogen-bond donors (Lipinski definition) is 2. The molecule has 0 bridgehead atoms. The van der Waals surface area contributed by atoms with Crippen LogP contribution in [0.15, 0.2) is 12.4 Å². The van der Waals surface area contributed by atoms with Crippen LogP contribution in [0, 0.1) is 5.92 Å². The van der Waals surface area contributed by atoms with Crippen molar-refractivity contribution in [3.8, 4) is 0 Å². The van der Waals surface area contributed by atoms with Gasteiger partial charge in [0, 0.05) is 12.6 Å². The summed E-state index contributed by atoms with van der Waals surface area (Å²) in [5.74, 6) is 1.39. The fourth-order valence-corrected chi connectivity index (χ4v) is 2.06. The van der Waals surface area contributed by atoms with Gasteiger partial charge in [0.25, 0.3) is 5.91 Å². The molecule has 1 fully saturated rings. The third kappa shape index (κ3) is 4.19. The maximum Gasteiger partial charge on any atom is 0.271 e. The fraction of sp³-hybridized carbons (Fsp3) is 0.643. The Balaban J connectivity index is 1.90. The van der Waals surface area contributed by atoms with E-state index in [-0.39, 0.29) is 11.9 Å². The molecule has 0 aromatic carbocycles. The molecule has 19 heavy (non-hydrogen) atoms. The first-order chi connectivity index (χ1) is 9.22. The minimum absolute atomic E-state index is 0.122. The fourth-order valence-electron chi connectivity index (χ4n) is 2.06. The van der Waals surface area contributed by atoms with Crippen LogP contribution in [-0.2, 0) is 0 Å². The Morgan fingerprint density at radius 2 is 2.16 bits per heavy atom. The van der Waals surface area contributed by atoms with E-state index in [0.717, 1.165) is 25.3 Å². The summed E-state index contributed by atoms with van der Waals surface area (Å²) in [6.07, 6.45) is 7.79. The Kier molecular flexibility index (Phi) is 4.71. The standard InChI is InChI=1S/C14H22N4O/c1-3-11(7-10-5-6-10)18-14(19)12-8-17-13(9-16-12)15-4-2/h8-11H,3-7H2,1-2H3,(H,15,17)(H,18,19). The lowest BCUT2D eigenvalue weighted by atomic mass is 10.1. The maximum atomic E-state index is 12.1. The molecule has 0 radical (unpaired) electrons. The van der Waals surface area contributed by atoms with Crippen molar-refractivity contribution in [2.45, 2.75) is 45.6 Å². The van der Waals surface area contributed by atoms with Crippen LogP contribution < -0.4 is 10.6 Å². The summed E-state index contributed by atoms with van der Waals surface area (Å²) in [4.78, 5) is 20.4. The highest BCUT2D eigenvalue weighted by molar-refractivity contribution is 5.92. The van der Waals surface area contributed by atoms with Gasteiger partial charge in [-0.3, -0.25) is 4.79 Å². The lowest BCUT2D eigenvalue weighted by molar-refractivity contribution is 0.0927. The number of carbonyl (C=O) groups excluding carboxylic acids is 1. The van der Waals surface area contributed by atoms with Crippen LogP contribution in [-0.4, -0.2) is 28.5 Å². The van der Waals surface area contributed by atoms with E-state index in [2.05, 4.69) is 27.5 Å². The van der Waals surface area contributed by atoms with Crippen LogP contribution in [0.3, 0.4) is 0 Å². The summed E-state index contributed by atoms with van der Waals surface area (Å²) in [6.45, 7) is 4.89. The van der Waals surface area contributed by atoms with E-state index in [1.807, 2.05) is 6.92 Å². The Bertz CT molecular complexity index is 414. The minimum Gasteiger partial charge on any atom is -0.369 e. The van der Waals surface area contributed by atoms with Crippen molar-refractivity contribution in [3.05, 3.63) is 18.1 Å². The van der Waals surface area contributed by atoms with Crippen molar-refractivity contribution in [2.75, 3.05) is 11.9 Å². The SMILES string of the molecule is CCNc1cnc(C(=O)NC(CC)CC2CC2)cn1. The van der Waals surface area contributed by atoms with Crippen LogP contribution in [0.1, 0.15) is 50.0 Å². The highest BCUT2D eigenvalue weighted by Gasteiger charge is 2.25. The van der Waals surface area contributed by atoms with Crippen LogP contribution >= 0.6 is 0 Å². The molecule has 0 aliphatic heterocycles. The van der Waals surface area contributed by atoms with E-state index < -0.39 is 0 Å². The summed E-state index contributed by atoms with van der Waals surface area (Å²) in [7, 11) is 0. The molecule has 1 aliphatic carbocycles. The molecule has 5 nitrogen and oxygen atoms in total. The Labute approximate surface area is 114 Å². The predicted molar refractivity (Wildman–Crippen MR) is 75.1 cm³/mol. The summed E-state index contributed by atoms with van der Waals surface area (Å²) in [5.41, 5.74) is 0.385. The third-order valence-electron chi connectivity index (χ3n) is 3.39. The molecule has 1 amide bonds. The molecule has 1 saturated carbocycles. The van der Waals surface area contributed by atoms with E-state index in [4.69, 9.17) is 0 Å². The molecule has 1 heterocycles. The number of hydrogen-bond acceptors (Lipinski definition) is 4. The van der Waals surface area contributed by atoms with Crippen LogP contribution in [0.25, 0.3) is 0 Å². The van der Waals surface area contributed by atoms with E-state index in [9.17, 15) is 4.79 Å². The Morgan fingerprint density at radius 3 is 2.68 bits per heavy atom. The molecule has 5 heteroatoms. The number of carbonyl (C=O) groups is 1. The second kappa shape index (κ2) is 6.50. The Morgan fingerprint density at radius 1 is 1.37 bits per heavy atom. The topological polar surface area (TPSA) is 66.9 Å². The molecule has 1 aliphatic rings. The van der Waals surface area contributed by atoms with Gasteiger partial charge in [-0.25, -0.2) is 9.97 Å². The monoisotopic (exact) mass is 262 g/mol. The van der Waals surface area contributed by atoms with E-state index in [0.29, 0.717) is 11.5 Å². The third-order valence-corrected chi connectivity index (χ3v) is 3.39. The second-order valence-electron chi connectivity index (χ2n) is 5.07. The van der Waals surface area contributed by atoms with Gasteiger partial charge in [0.15, 0.2) is 0 Å². The highest BCUT2D eigenvalue weighted by atomic mass is 16.1. The largest absolute Gasteiger partial charge is 0.369 e. The molecule has 2 rings (SSSR count). The zero-order chi connectivity index (χ0) is 13.7. The smallest absolute Gasteiger partial charge is 0.271 e. The van der Waals surface area contributed by atoms with E-state index in [1.54, 1.807) is 6.20 Å². The van der Waals surface area contributed by atoms with Crippen LogP contribution in [0.4, 0.5) is 5.82 Å². The molecule has 2 N–H and O–H groups in total. The molecular weight excluding hydrogens is 240 g/mol. The van der Waals surface area contributed by atoms with Gasteiger partial charge in [-0.15, -0.1) is 0 Å². The molecule has 104 valence electrons. The number of amides is 1. The molecule has 1 unspecified atom stereocenters. The summed E-state index contributed by atoms with van der Waals surface area (Å²) in [5, 5.41) is 6.10. The van der Waals surface area contributed by atoms with Gasteiger partial charge in [0.2, 0.25) is 0 Å². The lowest BCUT2D eigenvalue weighted by Crippen LogP contribution is -2.35.